The maximum atomic E-state index is 13.5. The van der Waals surface area contributed by atoms with Gasteiger partial charge in [-0.3, -0.25) is 9.69 Å². The van der Waals surface area contributed by atoms with E-state index in [0.29, 0.717) is 30.6 Å². The van der Waals surface area contributed by atoms with Crippen molar-refractivity contribution in [3.05, 3.63) is 58.0 Å². The van der Waals surface area contributed by atoms with Crippen LogP contribution in [0, 0.1) is 5.82 Å². The number of hydrogen-bond acceptors (Lipinski definition) is 6. The monoisotopic (exact) mass is 485 g/mol. The molecule has 1 fully saturated rings. The largest absolute Gasteiger partial charge is 0.340 e. The average Bonchev–Trinajstić information content (AvgIpc) is 3.19. The second-order valence-electron chi connectivity index (χ2n) is 8.57. The van der Waals surface area contributed by atoms with Gasteiger partial charge in [0.15, 0.2) is 0 Å². The number of piperidine rings is 1. The third kappa shape index (κ3) is 4.60. The van der Waals surface area contributed by atoms with E-state index in [1.807, 2.05) is 4.90 Å². The molecule has 172 valence electrons. The van der Waals surface area contributed by atoms with Gasteiger partial charge in [-0.2, -0.15) is 0 Å². The van der Waals surface area contributed by atoms with Crippen molar-refractivity contribution < 1.29 is 9.18 Å². The van der Waals surface area contributed by atoms with Crippen LogP contribution in [0.2, 0.25) is 5.02 Å². The summed E-state index contributed by atoms with van der Waals surface area (Å²) in [5, 5.41) is 4.27. The fraction of sp³-hybridized carbons (Fsp3) is 0.375. The van der Waals surface area contributed by atoms with E-state index in [4.69, 9.17) is 11.6 Å². The molecule has 3 aromatic rings. The zero-order valence-corrected chi connectivity index (χ0v) is 19.9. The first kappa shape index (κ1) is 22.3. The van der Waals surface area contributed by atoms with Gasteiger partial charge in [0, 0.05) is 29.2 Å². The number of amides is 1. The van der Waals surface area contributed by atoms with Crippen molar-refractivity contribution in [2.45, 2.75) is 38.3 Å². The first-order valence-corrected chi connectivity index (χ1v) is 12.3. The molecule has 1 saturated heterocycles. The number of halogens is 2. The lowest BCUT2D eigenvalue weighted by Gasteiger charge is -2.30. The Morgan fingerprint density at radius 1 is 1.30 bits per heavy atom. The summed E-state index contributed by atoms with van der Waals surface area (Å²) >= 11 is 7.52. The number of carbonyl (C=O) groups is 1. The molecule has 33 heavy (non-hydrogen) atoms. The predicted octanol–water partition coefficient (Wildman–Crippen LogP) is 5.15. The highest BCUT2D eigenvalue weighted by molar-refractivity contribution is 7.19. The van der Waals surface area contributed by atoms with Gasteiger partial charge in [-0.1, -0.05) is 24.1 Å². The van der Waals surface area contributed by atoms with Gasteiger partial charge in [0.25, 0.3) is 0 Å². The molecule has 1 N–H and O–H groups in total. The number of hydrogen-bond donors (Lipinski definition) is 1. The first-order valence-electron chi connectivity index (χ1n) is 11.1. The van der Waals surface area contributed by atoms with E-state index in [0.717, 1.165) is 34.5 Å². The summed E-state index contributed by atoms with van der Waals surface area (Å²) in [5.74, 6) is 0.263. The maximum Gasteiger partial charge on any atom is 0.246 e. The van der Waals surface area contributed by atoms with Crippen LogP contribution in [0.4, 0.5) is 15.9 Å². The van der Waals surface area contributed by atoms with Crippen molar-refractivity contribution >= 4 is 50.6 Å². The van der Waals surface area contributed by atoms with Gasteiger partial charge in [0.1, 0.15) is 22.8 Å². The van der Waals surface area contributed by atoms with Gasteiger partial charge in [0.05, 0.1) is 17.0 Å². The Kier molecular flexibility index (Phi) is 6.32. The minimum Gasteiger partial charge on any atom is -0.340 e. The van der Waals surface area contributed by atoms with Gasteiger partial charge in [0.2, 0.25) is 5.91 Å². The van der Waals surface area contributed by atoms with E-state index in [9.17, 15) is 9.18 Å². The SMILES string of the molecule is CN1CCCCC1C=CC(=O)N1CCc2c(sc3ncnc(Nc4ccc(F)c(Cl)c4)c23)C1. The van der Waals surface area contributed by atoms with E-state index in [1.165, 1.54) is 30.8 Å². The summed E-state index contributed by atoms with van der Waals surface area (Å²) in [6, 6.07) is 4.84. The Balaban J connectivity index is 1.35. The zero-order chi connectivity index (χ0) is 22.9. The summed E-state index contributed by atoms with van der Waals surface area (Å²) in [4.78, 5) is 28.0. The molecule has 0 aliphatic carbocycles. The van der Waals surface area contributed by atoms with Gasteiger partial charge in [-0.15, -0.1) is 11.3 Å². The fourth-order valence-electron chi connectivity index (χ4n) is 4.56. The minimum atomic E-state index is -0.461. The molecule has 2 aromatic heterocycles. The van der Waals surface area contributed by atoms with Gasteiger partial charge < -0.3 is 10.2 Å². The fourth-order valence-corrected chi connectivity index (χ4v) is 5.95. The molecule has 2 aliphatic heterocycles. The topological polar surface area (TPSA) is 61.4 Å². The van der Waals surface area contributed by atoms with Crippen LogP contribution in [0.1, 0.15) is 29.7 Å². The number of carbonyl (C=O) groups excluding carboxylic acids is 1. The van der Waals surface area contributed by atoms with Crippen molar-refractivity contribution in [2.24, 2.45) is 0 Å². The minimum absolute atomic E-state index is 0.0549. The van der Waals surface area contributed by atoms with Crippen LogP contribution in [-0.2, 0) is 17.8 Å². The smallest absolute Gasteiger partial charge is 0.246 e. The molecular weight excluding hydrogens is 461 g/mol. The van der Waals surface area contributed by atoms with Crippen LogP contribution in [0.3, 0.4) is 0 Å². The van der Waals surface area contributed by atoms with Crippen molar-refractivity contribution in [2.75, 3.05) is 25.5 Å². The van der Waals surface area contributed by atoms with Crippen LogP contribution >= 0.6 is 22.9 Å². The highest BCUT2D eigenvalue weighted by atomic mass is 35.5. The number of aromatic nitrogens is 2. The molecule has 2 aliphatic rings. The molecule has 9 heteroatoms. The number of anilines is 2. The normalized spacial score (nSPS) is 19.2. The van der Waals surface area contributed by atoms with Gasteiger partial charge >= 0.3 is 0 Å². The Labute approximate surface area is 201 Å². The van der Waals surface area contributed by atoms with Crippen molar-refractivity contribution in [1.29, 1.82) is 0 Å². The molecule has 1 amide bonds. The highest BCUT2D eigenvalue weighted by Crippen LogP contribution is 2.38. The Bertz CT molecular complexity index is 1230. The third-order valence-corrected chi connectivity index (χ3v) is 7.83. The van der Waals surface area contributed by atoms with Crippen LogP contribution in [0.15, 0.2) is 36.7 Å². The number of likely N-dealkylation sites (tertiary alicyclic amines) is 1. The molecule has 1 unspecified atom stereocenters. The van der Waals surface area contributed by atoms with Crippen LogP contribution in [0.5, 0.6) is 0 Å². The number of nitrogens with zero attached hydrogens (tertiary/aromatic N) is 4. The number of likely N-dealkylation sites (N-methyl/N-ethyl adjacent to an activating group) is 1. The molecule has 0 saturated carbocycles. The molecule has 0 radical (unpaired) electrons. The van der Waals surface area contributed by atoms with Crippen molar-refractivity contribution in [3.8, 4) is 0 Å². The van der Waals surface area contributed by atoms with E-state index in [2.05, 4.69) is 33.3 Å². The van der Waals surface area contributed by atoms with Crippen molar-refractivity contribution in [3.63, 3.8) is 0 Å². The van der Waals surface area contributed by atoms with E-state index < -0.39 is 5.82 Å². The Morgan fingerprint density at radius 3 is 3.00 bits per heavy atom. The number of rotatable bonds is 4. The van der Waals surface area contributed by atoms with E-state index in [1.54, 1.807) is 29.5 Å². The maximum absolute atomic E-state index is 13.5. The molecule has 5 rings (SSSR count). The molecule has 1 aromatic carbocycles. The summed E-state index contributed by atoms with van der Waals surface area (Å²) < 4.78 is 13.5. The number of benzene rings is 1. The summed E-state index contributed by atoms with van der Waals surface area (Å²) in [6.45, 7) is 2.31. The van der Waals surface area contributed by atoms with Gasteiger partial charge in [-0.25, -0.2) is 14.4 Å². The average molecular weight is 486 g/mol. The van der Waals surface area contributed by atoms with Crippen molar-refractivity contribution in [1.82, 2.24) is 19.8 Å². The summed E-state index contributed by atoms with van der Waals surface area (Å²) in [5.41, 5.74) is 1.83. The quantitative estimate of drug-likeness (QED) is 0.518. The lowest BCUT2D eigenvalue weighted by Crippen LogP contribution is -2.36. The Hall–Kier alpha value is -2.55. The summed E-state index contributed by atoms with van der Waals surface area (Å²) in [6.07, 6.45) is 9.61. The molecule has 6 nitrogen and oxygen atoms in total. The molecule has 0 spiro atoms. The Morgan fingerprint density at radius 2 is 2.18 bits per heavy atom. The molecule has 1 atom stereocenters. The standard InChI is InChI=1S/C24H25ClFN5OS/c1-30-10-3-2-4-16(30)6-8-21(32)31-11-9-17-20(13-31)33-24-22(17)23(27-14-28-24)29-15-5-7-19(26)18(25)12-15/h5-8,12,14,16H,2-4,9-11,13H2,1H3,(H,27,28,29). The van der Waals surface area contributed by atoms with Crippen LogP contribution in [-0.4, -0.2) is 51.9 Å². The summed E-state index contributed by atoms with van der Waals surface area (Å²) in [7, 11) is 2.12. The second kappa shape index (κ2) is 9.37. The molecular formula is C24H25ClFN5OS. The number of nitrogens with one attached hydrogen (secondary N) is 1. The molecule has 0 bridgehead atoms. The number of fused-ring (bicyclic) bond motifs is 3. The third-order valence-electron chi connectivity index (χ3n) is 6.42. The second-order valence-corrected chi connectivity index (χ2v) is 10.1. The van der Waals surface area contributed by atoms with Crippen LogP contribution < -0.4 is 5.32 Å². The lowest BCUT2D eigenvalue weighted by atomic mass is 10.0. The number of thiophene rings is 1. The lowest BCUT2D eigenvalue weighted by molar-refractivity contribution is -0.126. The highest BCUT2D eigenvalue weighted by Gasteiger charge is 2.26. The van der Waals surface area contributed by atoms with E-state index in [-0.39, 0.29) is 10.9 Å². The first-order chi connectivity index (χ1) is 16.0. The van der Waals surface area contributed by atoms with E-state index >= 15 is 0 Å². The van der Waals surface area contributed by atoms with Crippen LogP contribution in [0.25, 0.3) is 10.2 Å². The zero-order valence-electron chi connectivity index (χ0n) is 18.4. The predicted molar refractivity (Wildman–Crippen MR) is 131 cm³/mol. The van der Waals surface area contributed by atoms with Gasteiger partial charge in [-0.05, 0) is 56.6 Å². The molecule has 4 heterocycles.